The van der Waals surface area contributed by atoms with E-state index in [1.54, 1.807) is 0 Å². The minimum Gasteiger partial charge on any atom is -0.484 e. The second kappa shape index (κ2) is 9.77. The summed E-state index contributed by atoms with van der Waals surface area (Å²) in [7, 11) is 0. The Kier molecular flexibility index (Phi) is 6.65. The highest BCUT2D eigenvalue weighted by Crippen LogP contribution is 2.25. The number of nitrogens with zero attached hydrogens (tertiary/aromatic N) is 3. The molecule has 1 saturated carbocycles. The molecular weight excluding hydrogens is 390 g/mol. The van der Waals surface area contributed by atoms with Gasteiger partial charge in [0.1, 0.15) is 12.3 Å². The molecule has 6 nitrogen and oxygen atoms in total. The van der Waals surface area contributed by atoms with Crippen LogP contribution in [-0.4, -0.2) is 33.6 Å². The van der Waals surface area contributed by atoms with Crippen LogP contribution < -0.4 is 4.74 Å². The number of amides is 1. The summed E-state index contributed by atoms with van der Waals surface area (Å²) < 4.78 is 11.3. The molecule has 6 heteroatoms. The highest BCUT2D eigenvalue weighted by molar-refractivity contribution is 5.78. The van der Waals surface area contributed by atoms with Crippen molar-refractivity contribution >= 4 is 5.91 Å². The van der Waals surface area contributed by atoms with Gasteiger partial charge in [0.05, 0.1) is 0 Å². The minimum absolute atomic E-state index is 0.000920. The molecule has 0 saturated heterocycles. The smallest absolute Gasteiger partial charge is 0.261 e. The molecule has 3 aromatic rings. The van der Waals surface area contributed by atoms with Gasteiger partial charge in [0, 0.05) is 11.6 Å². The van der Waals surface area contributed by atoms with E-state index in [1.165, 1.54) is 6.42 Å². The molecule has 0 N–H and O–H groups in total. The molecule has 1 amide bonds. The average molecular weight is 420 g/mol. The third-order valence-electron chi connectivity index (χ3n) is 5.70. The number of aromatic nitrogens is 2. The SMILES string of the molecule is Cc1cc(C)cc(OCC(=O)N(Cc2nc(-c3ccccc3)no2)C2CCCCC2)c1. The first-order valence-electron chi connectivity index (χ1n) is 11.0. The van der Waals surface area contributed by atoms with Gasteiger partial charge in [0.15, 0.2) is 6.61 Å². The van der Waals surface area contributed by atoms with Crippen molar-refractivity contribution in [1.82, 2.24) is 15.0 Å². The van der Waals surface area contributed by atoms with Crippen LogP contribution in [0, 0.1) is 13.8 Å². The van der Waals surface area contributed by atoms with Crippen molar-refractivity contribution in [2.45, 2.75) is 58.5 Å². The maximum absolute atomic E-state index is 13.2. The van der Waals surface area contributed by atoms with E-state index in [-0.39, 0.29) is 18.6 Å². The molecule has 1 aliphatic rings. The standard InChI is InChI=1S/C25H29N3O3/c1-18-13-19(2)15-22(14-18)30-17-24(29)28(21-11-7-4-8-12-21)16-23-26-25(27-31-23)20-9-5-3-6-10-20/h3,5-6,9-10,13-15,21H,4,7-8,11-12,16-17H2,1-2H3. The van der Waals surface area contributed by atoms with E-state index in [9.17, 15) is 4.79 Å². The van der Waals surface area contributed by atoms with Crippen molar-refractivity contribution in [3.8, 4) is 17.1 Å². The van der Waals surface area contributed by atoms with E-state index < -0.39 is 0 Å². The summed E-state index contributed by atoms with van der Waals surface area (Å²) in [5.74, 6) is 1.66. The summed E-state index contributed by atoms with van der Waals surface area (Å²) in [5.41, 5.74) is 3.13. The lowest BCUT2D eigenvalue weighted by atomic mass is 9.94. The number of ether oxygens (including phenoxy) is 1. The van der Waals surface area contributed by atoms with Crippen molar-refractivity contribution < 1.29 is 14.1 Å². The number of carbonyl (C=O) groups is 1. The summed E-state index contributed by atoms with van der Waals surface area (Å²) in [6.07, 6.45) is 5.47. The lowest BCUT2D eigenvalue weighted by Crippen LogP contribution is -2.43. The minimum atomic E-state index is -0.0504. The maximum Gasteiger partial charge on any atom is 0.261 e. The zero-order valence-electron chi connectivity index (χ0n) is 18.2. The van der Waals surface area contributed by atoms with Gasteiger partial charge < -0.3 is 14.2 Å². The first-order valence-corrected chi connectivity index (χ1v) is 11.0. The van der Waals surface area contributed by atoms with Crippen LogP contribution in [0.5, 0.6) is 5.75 Å². The first-order chi connectivity index (χ1) is 15.1. The second-order valence-corrected chi connectivity index (χ2v) is 8.30. The molecule has 0 aliphatic heterocycles. The van der Waals surface area contributed by atoms with Crippen molar-refractivity contribution in [1.29, 1.82) is 0 Å². The molecule has 31 heavy (non-hydrogen) atoms. The lowest BCUT2D eigenvalue weighted by Gasteiger charge is -2.33. The van der Waals surface area contributed by atoms with Crippen LogP contribution in [0.2, 0.25) is 0 Å². The Labute approximate surface area is 183 Å². The van der Waals surface area contributed by atoms with Crippen LogP contribution in [0.15, 0.2) is 53.1 Å². The van der Waals surface area contributed by atoms with Gasteiger partial charge in [-0.15, -0.1) is 0 Å². The van der Waals surface area contributed by atoms with Crippen LogP contribution in [0.1, 0.15) is 49.1 Å². The molecule has 0 bridgehead atoms. The summed E-state index contributed by atoms with van der Waals surface area (Å²) in [6.45, 7) is 4.35. The molecule has 0 radical (unpaired) electrons. The van der Waals surface area contributed by atoms with Gasteiger partial charge in [-0.3, -0.25) is 4.79 Å². The van der Waals surface area contributed by atoms with Gasteiger partial charge in [-0.25, -0.2) is 0 Å². The van der Waals surface area contributed by atoms with Crippen molar-refractivity contribution in [3.63, 3.8) is 0 Å². The van der Waals surface area contributed by atoms with E-state index in [2.05, 4.69) is 16.2 Å². The third-order valence-corrected chi connectivity index (χ3v) is 5.70. The summed E-state index contributed by atoms with van der Waals surface area (Å²) >= 11 is 0. The molecule has 1 aliphatic carbocycles. The highest BCUT2D eigenvalue weighted by atomic mass is 16.5. The molecule has 2 aromatic carbocycles. The van der Waals surface area contributed by atoms with Gasteiger partial charge in [0.2, 0.25) is 11.7 Å². The van der Waals surface area contributed by atoms with E-state index in [4.69, 9.17) is 9.26 Å². The van der Waals surface area contributed by atoms with Gasteiger partial charge in [-0.05, 0) is 49.9 Å². The van der Waals surface area contributed by atoms with E-state index >= 15 is 0 Å². The van der Waals surface area contributed by atoms with E-state index in [0.29, 0.717) is 18.3 Å². The Hall–Kier alpha value is -3.15. The van der Waals surface area contributed by atoms with Crippen molar-refractivity contribution in [2.24, 2.45) is 0 Å². The topological polar surface area (TPSA) is 68.5 Å². The third kappa shape index (κ3) is 5.51. The average Bonchev–Trinajstić information content (AvgIpc) is 3.25. The number of hydrogen-bond acceptors (Lipinski definition) is 5. The van der Waals surface area contributed by atoms with Gasteiger partial charge in [-0.1, -0.05) is 60.8 Å². The van der Waals surface area contributed by atoms with E-state index in [0.717, 1.165) is 48.1 Å². The molecule has 4 rings (SSSR count). The molecular formula is C25H29N3O3. The molecule has 1 heterocycles. The predicted molar refractivity (Wildman–Crippen MR) is 119 cm³/mol. The fraction of sp³-hybridized carbons (Fsp3) is 0.400. The van der Waals surface area contributed by atoms with Crippen LogP contribution in [-0.2, 0) is 11.3 Å². The Balaban J connectivity index is 1.47. The van der Waals surface area contributed by atoms with Crippen LogP contribution >= 0.6 is 0 Å². The number of hydrogen-bond donors (Lipinski definition) is 0. The van der Waals surface area contributed by atoms with Gasteiger partial charge >= 0.3 is 0 Å². The maximum atomic E-state index is 13.2. The van der Waals surface area contributed by atoms with Crippen LogP contribution in [0.3, 0.4) is 0 Å². The Morgan fingerprint density at radius 3 is 2.48 bits per heavy atom. The zero-order chi connectivity index (χ0) is 21.6. The second-order valence-electron chi connectivity index (χ2n) is 8.30. The quantitative estimate of drug-likeness (QED) is 0.533. The van der Waals surface area contributed by atoms with Gasteiger partial charge in [-0.2, -0.15) is 4.98 Å². The molecule has 0 unspecified atom stereocenters. The normalized spacial score (nSPS) is 14.4. The number of rotatable bonds is 7. The first kappa shape index (κ1) is 21.1. The molecule has 1 fully saturated rings. The summed E-state index contributed by atoms with van der Waals surface area (Å²) in [6, 6.07) is 15.9. The van der Waals surface area contributed by atoms with Crippen LogP contribution in [0.25, 0.3) is 11.4 Å². The monoisotopic (exact) mass is 419 g/mol. The van der Waals surface area contributed by atoms with Gasteiger partial charge in [0.25, 0.3) is 5.91 Å². The largest absolute Gasteiger partial charge is 0.484 e. The Morgan fingerprint density at radius 2 is 1.77 bits per heavy atom. The molecule has 0 atom stereocenters. The van der Waals surface area contributed by atoms with Crippen molar-refractivity contribution in [3.05, 3.63) is 65.5 Å². The Bertz CT molecular complexity index is 990. The zero-order valence-corrected chi connectivity index (χ0v) is 18.2. The lowest BCUT2D eigenvalue weighted by molar-refractivity contribution is -0.137. The molecule has 1 aromatic heterocycles. The summed E-state index contributed by atoms with van der Waals surface area (Å²) in [5, 5.41) is 4.10. The predicted octanol–water partition coefficient (Wildman–Crippen LogP) is 5.09. The summed E-state index contributed by atoms with van der Waals surface area (Å²) in [4.78, 5) is 19.6. The number of aryl methyl sites for hydroxylation is 2. The number of benzene rings is 2. The fourth-order valence-corrected chi connectivity index (χ4v) is 4.23. The number of carbonyl (C=O) groups excluding carboxylic acids is 1. The van der Waals surface area contributed by atoms with E-state index in [1.807, 2.05) is 61.2 Å². The molecule has 0 spiro atoms. The van der Waals surface area contributed by atoms with Crippen LogP contribution in [0.4, 0.5) is 0 Å². The fourth-order valence-electron chi connectivity index (χ4n) is 4.23. The molecule has 162 valence electrons. The highest BCUT2D eigenvalue weighted by Gasteiger charge is 2.28. The Morgan fingerprint density at radius 1 is 1.06 bits per heavy atom. The van der Waals surface area contributed by atoms with Crippen molar-refractivity contribution in [2.75, 3.05) is 6.61 Å².